The molecule has 5 aromatic rings. The second-order valence-electron chi connectivity index (χ2n) is 10.3. The average Bonchev–Trinajstić information content (AvgIpc) is 3.23. The third-order valence-electron chi connectivity index (χ3n) is 8.72. The van der Waals surface area contributed by atoms with Gasteiger partial charge < -0.3 is 4.74 Å². The standard InChI is InChI=1S/C35H26O/c1-2-22-15-18-28-27-13-7-8-14-29(27)35(32(28)21-22)30-19-16-23-9-3-5-11-25(23)33(30)36-34-26-12-6-4-10-24(26)17-20-31(34)35/h3-21,30,33H,2H2,1H3. The minimum atomic E-state index is -0.316. The fourth-order valence-electron chi connectivity index (χ4n) is 7.15. The first-order valence-electron chi connectivity index (χ1n) is 13.0. The molecule has 8 rings (SSSR count). The van der Waals surface area contributed by atoms with Gasteiger partial charge in [0.25, 0.3) is 0 Å². The van der Waals surface area contributed by atoms with Gasteiger partial charge in [-0.1, -0.05) is 122 Å². The highest BCUT2D eigenvalue weighted by Crippen LogP contribution is 2.65. The van der Waals surface area contributed by atoms with Crippen LogP contribution in [0.15, 0.2) is 109 Å². The molecule has 1 nitrogen and oxygen atoms in total. The van der Waals surface area contributed by atoms with Gasteiger partial charge in [-0.15, -0.1) is 0 Å². The van der Waals surface area contributed by atoms with Gasteiger partial charge in [-0.3, -0.25) is 0 Å². The molecule has 0 aromatic heterocycles. The molecule has 0 N–H and O–H groups in total. The number of fused-ring (bicyclic) bond motifs is 13. The lowest BCUT2D eigenvalue weighted by molar-refractivity contribution is 0.105. The van der Waals surface area contributed by atoms with Gasteiger partial charge in [0.15, 0.2) is 0 Å². The summed E-state index contributed by atoms with van der Waals surface area (Å²) in [6.45, 7) is 2.25. The van der Waals surface area contributed by atoms with Gasteiger partial charge in [0.1, 0.15) is 11.9 Å². The zero-order valence-corrected chi connectivity index (χ0v) is 20.2. The molecule has 2 aliphatic carbocycles. The molecular formula is C35H26O. The maximum absolute atomic E-state index is 7.10. The summed E-state index contributed by atoms with van der Waals surface area (Å²) >= 11 is 0. The number of aryl methyl sites for hydroxylation is 1. The van der Waals surface area contributed by atoms with Gasteiger partial charge in [0, 0.05) is 22.4 Å². The second kappa shape index (κ2) is 7.21. The van der Waals surface area contributed by atoms with Crippen molar-refractivity contribution in [2.45, 2.75) is 24.9 Å². The maximum atomic E-state index is 7.10. The molecule has 0 radical (unpaired) electrons. The summed E-state index contributed by atoms with van der Waals surface area (Å²) in [5.74, 6) is 1.18. The van der Waals surface area contributed by atoms with Crippen molar-refractivity contribution in [3.8, 4) is 16.9 Å². The molecule has 172 valence electrons. The summed E-state index contributed by atoms with van der Waals surface area (Å²) in [5.41, 5.74) is 10.4. The predicted octanol–water partition coefficient (Wildman–Crippen LogP) is 8.49. The Labute approximate surface area is 211 Å². The lowest BCUT2D eigenvalue weighted by Crippen LogP contribution is -2.45. The fourth-order valence-corrected chi connectivity index (χ4v) is 7.15. The molecule has 5 aromatic carbocycles. The van der Waals surface area contributed by atoms with E-state index in [-0.39, 0.29) is 17.4 Å². The zero-order valence-electron chi connectivity index (χ0n) is 20.2. The van der Waals surface area contributed by atoms with E-state index < -0.39 is 0 Å². The Morgan fingerprint density at radius 2 is 1.53 bits per heavy atom. The van der Waals surface area contributed by atoms with Crippen molar-refractivity contribution < 1.29 is 4.74 Å². The summed E-state index contributed by atoms with van der Waals surface area (Å²) < 4.78 is 7.10. The molecule has 1 aliphatic heterocycles. The summed E-state index contributed by atoms with van der Waals surface area (Å²) in [4.78, 5) is 0. The van der Waals surface area contributed by atoms with E-state index in [1.165, 1.54) is 55.3 Å². The summed E-state index contributed by atoms with van der Waals surface area (Å²) in [6, 6.07) is 38.2. The van der Waals surface area contributed by atoms with Crippen LogP contribution in [0.1, 0.15) is 46.4 Å². The Hall–Kier alpha value is -4.10. The lowest BCUT2D eigenvalue weighted by atomic mass is 9.58. The van der Waals surface area contributed by atoms with Crippen molar-refractivity contribution in [1.29, 1.82) is 0 Å². The fraction of sp³-hybridized carbons (Fsp3) is 0.143. The highest BCUT2D eigenvalue weighted by atomic mass is 16.5. The normalized spacial score (nSPS) is 22.4. The van der Waals surface area contributed by atoms with Crippen LogP contribution in [0.25, 0.3) is 28.0 Å². The minimum absolute atomic E-state index is 0.0613. The van der Waals surface area contributed by atoms with Crippen molar-refractivity contribution in [2.24, 2.45) is 5.92 Å². The third-order valence-corrected chi connectivity index (χ3v) is 8.72. The molecule has 0 saturated heterocycles. The average molecular weight is 463 g/mol. The van der Waals surface area contributed by atoms with E-state index in [9.17, 15) is 0 Å². The third kappa shape index (κ3) is 2.41. The molecule has 0 amide bonds. The molecule has 0 saturated carbocycles. The van der Waals surface area contributed by atoms with Gasteiger partial charge in [-0.25, -0.2) is 0 Å². The Bertz CT molecular complexity index is 1720. The van der Waals surface area contributed by atoms with Crippen LogP contribution in [0.3, 0.4) is 0 Å². The zero-order chi connectivity index (χ0) is 23.9. The topological polar surface area (TPSA) is 9.23 Å². The SMILES string of the molecule is CCc1ccc2c(c1)C1(c3ccccc3-2)c2ccc3ccccc3c2OC2c3ccccc3C=CC21. The maximum Gasteiger partial charge on any atom is 0.132 e. The largest absolute Gasteiger partial charge is 0.484 e. The van der Waals surface area contributed by atoms with Crippen molar-refractivity contribution in [2.75, 3.05) is 0 Å². The number of ether oxygens (including phenoxy) is 1. The van der Waals surface area contributed by atoms with E-state index in [1.54, 1.807) is 0 Å². The second-order valence-corrected chi connectivity index (χ2v) is 10.3. The van der Waals surface area contributed by atoms with Crippen molar-refractivity contribution >= 4 is 16.8 Å². The first-order valence-corrected chi connectivity index (χ1v) is 13.0. The number of rotatable bonds is 1. The molecule has 1 heteroatoms. The molecule has 0 fully saturated rings. The van der Waals surface area contributed by atoms with Crippen molar-refractivity contribution in [3.05, 3.63) is 143 Å². The van der Waals surface area contributed by atoms with Gasteiger partial charge in [-0.2, -0.15) is 0 Å². The molecule has 1 spiro atoms. The minimum Gasteiger partial charge on any atom is -0.484 e. The van der Waals surface area contributed by atoms with Crippen LogP contribution >= 0.6 is 0 Å². The Morgan fingerprint density at radius 1 is 0.722 bits per heavy atom. The first kappa shape index (κ1) is 20.1. The van der Waals surface area contributed by atoms with E-state index in [4.69, 9.17) is 4.74 Å². The lowest BCUT2D eigenvalue weighted by Gasteiger charge is -2.49. The van der Waals surface area contributed by atoms with Gasteiger partial charge >= 0.3 is 0 Å². The smallest absolute Gasteiger partial charge is 0.132 e. The van der Waals surface area contributed by atoms with Crippen LogP contribution in [0.2, 0.25) is 0 Å². The van der Waals surface area contributed by atoms with Crippen LogP contribution in [-0.4, -0.2) is 0 Å². The summed E-state index contributed by atoms with van der Waals surface area (Å²) in [7, 11) is 0. The monoisotopic (exact) mass is 462 g/mol. The highest BCUT2D eigenvalue weighted by Gasteiger charge is 2.57. The quantitative estimate of drug-likeness (QED) is 0.243. The molecular weight excluding hydrogens is 436 g/mol. The van der Waals surface area contributed by atoms with E-state index in [2.05, 4.69) is 122 Å². The molecule has 3 atom stereocenters. The van der Waals surface area contributed by atoms with Crippen molar-refractivity contribution in [3.63, 3.8) is 0 Å². The van der Waals surface area contributed by atoms with Gasteiger partial charge in [0.05, 0.1) is 5.41 Å². The van der Waals surface area contributed by atoms with E-state index >= 15 is 0 Å². The van der Waals surface area contributed by atoms with Crippen LogP contribution < -0.4 is 4.74 Å². The van der Waals surface area contributed by atoms with Crippen molar-refractivity contribution in [1.82, 2.24) is 0 Å². The van der Waals surface area contributed by atoms with E-state index in [0.717, 1.165) is 12.2 Å². The molecule has 0 bridgehead atoms. The highest BCUT2D eigenvalue weighted by molar-refractivity contribution is 5.94. The summed E-state index contributed by atoms with van der Waals surface area (Å²) in [6.07, 6.45) is 5.70. The van der Waals surface area contributed by atoms with Crippen LogP contribution in [0.5, 0.6) is 5.75 Å². The van der Waals surface area contributed by atoms with Crippen LogP contribution in [0, 0.1) is 5.92 Å². The molecule has 3 aliphatic rings. The summed E-state index contributed by atoms with van der Waals surface area (Å²) in [5, 5.41) is 2.41. The van der Waals surface area contributed by atoms with Crippen LogP contribution in [-0.2, 0) is 11.8 Å². The molecule has 1 heterocycles. The Kier molecular flexibility index (Phi) is 4.03. The Morgan fingerprint density at radius 3 is 2.47 bits per heavy atom. The number of hydrogen-bond donors (Lipinski definition) is 0. The number of hydrogen-bond acceptors (Lipinski definition) is 1. The van der Waals surface area contributed by atoms with Gasteiger partial charge in [-0.05, 0) is 45.2 Å². The van der Waals surface area contributed by atoms with E-state index in [1.807, 2.05) is 0 Å². The Balaban J connectivity index is 1.56. The number of benzene rings is 5. The van der Waals surface area contributed by atoms with Gasteiger partial charge in [0.2, 0.25) is 0 Å². The van der Waals surface area contributed by atoms with E-state index in [0.29, 0.717) is 0 Å². The first-order chi connectivity index (χ1) is 17.8. The predicted molar refractivity (Wildman–Crippen MR) is 147 cm³/mol. The molecule has 36 heavy (non-hydrogen) atoms. The van der Waals surface area contributed by atoms with Crippen LogP contribution in [0.4, 0.5) is 0 Å². The molecule has 3 unspecified atom stereocenters.